The molecule has 1 heterocycles. The molecule has 2 atom stereocenters. The second-order valence-electron chi connectivity index (χ2n) is 5.36. The fourth-order valence-corrected chi connectivity index (χ4v) is 4.18. The van der Waals surface area contributed by atoms with Crippen molar-refractivity contribution in [3.8, 4) is 0 Å². The summed E-state index contributed by atoms with van der Waals surface area (Å²) in [6.07, 6.45) is 4.72. The van der Waals surface area contributed by atoms with Crippen LogP contribution in [0.3, 0.4) is 0 Å². The maximum Gasteiger partial charge on any atom is 0.360 e. The van der Waals surface area contributed by atoms with E-state index in [2.05, 4.69) is 17.1 Å². The van der Waals surface area contributed by atoms with Crippen molar-refractivity contribution in [3.05, 3.63) is 11.4 Å². The van der Waals surface area contributed by atoms with E-state index in [0.29, 0.717) is 5.92 Å². The van der Waals surface area contributed by atoms with Gasteiger partial charge in [0.25, 0.3) is 9.05 Å². The van der Waals surface area contributed by atoms with Crippen molar-refractivity contribution < 1.29 is 17.9 Å². The van der Waals surface area contributed by atoms with Gasteiger partial charge in [0.15, 0.2) is 5.69 Å². The molecule has 8 heteroatoms. The zero-order valence-electron chi connectivity index (χ0n) is 12.1. The lowest BCUT2D eigenvalue weighted by atomic mass is 9.85. The molecule has 1 aromatic heterocycles. The fourth-order valence-electron chi connectivity index (χ4n) is 2.84. The number of hydrogen-bond donors (Lipinski definition) is 1. The first-order valence-corrected chi connectivity index (χ1v) is 9.36. The summed E-state index contributed by atoms with van der Waals surface area (Å²) in [5, 5.41) is 6.21. The first kappa shape index (κ1) is 16.3. The molecule has 0 saturated heterocycles. The minimum Gasteiger partial charge on any atom is -0.457 e. The molecule has 0 spiro atoms. The Kier molecular flexibility index (Phi) is 4.93. The summed E-state index contributed by atoms with van der Waals surface area (Å²) in [6, 6.07) is 0. The van der Waals surface area contributed by atoms with Crippen molar-refractivity contribution in [3.63, 3.8) is 0 Å². The third-order valence-corrected chi connectivity index (χ3v) is 5.40. The summed E-state index contributed by atoms with van der Waals surface area (Å²) < 4.78 is 28.6. The number of carbonyl (C=O) groups excluding carboxylic acids is 1. The minimum absolute atomic E-state index is 0.181. The molecule has 0 aromatic carbocycles. The van der Waals surface area contributed by atoms with Gasteiger partial charge < -0.3 is 4.74 Å². The molecule has 0 radical (unpaired) electrons. The minimum atomic E-state index is -4.05. The van der Waals surface area contributed by atoms with Crippen molar-refractivity contribution in [2.75, 3.05) is 0 Å². The number of rotatable bonds is 4. The number of aromatic amines is 1. The number of halogens is 1. The first-order valence-electron chi connectivity index (χ1n) is 7.05. The number of nitrogens with zero attached hydrogens (tertiary/aromatic N) is 1. The summed E-state index contributed by atoms with van der Waals surface area (Å²) in [7, 11) is 1.31. The van der Waals surface area contributed by atoms with Gasteiger partial charge in [0.1, 0.15) is 11.0 Å². The Labute approximate surface area is 128 Å². The van der Waals surface area contributed by atoms with Gasteiger partial charge in [-0.25, -0.2) is 13.2 Å². The number of aromatic nitrogens is 2. The Balaban J connectivity index is 2.21. The van der Waals surface area contributed by atoms with E-state index < -0.39 is 15.0 Å². The van der Waals surface area contributed by atoms with Gasteiger partial charge in [-0.1, -0.05) is 13.3 Å². The van der Waals surface area contributed by atoms with Gasteiger partial charge in [-0.3, -0.25) is 5.10 Å². The SMILES string of the molecule is CCC1CCCCC1OC(=O)c1n[nH]c(C)c1S(=O)(=O)Cl. The van der Waals surface area contributed by atoms with Crippen molar-refractivity contribution >= 4 is 25.7 Å². The summed E-state index contributed by atoms with van der Waals surface area (Å²) >= 11 is 0. The number of nitrogens with one attached hydrogen (secondary N) is 1. The Hall–Kier alpha value is -1.08. The third kappa shape index (κ3) is 3.58. The molecule has 1 aromatic rings. The van der Waals surface area contributed by atoms with Crippen LogP contribution in [-0.2, 0) is 13.8 Å². The Morgan fingerprint density at radius 3 is 2.71 bits per heavy atom. The average molecular weight is 335 g/mol. The normalized spacial score (nSPS) is 23.0. The van der Waals surface area contributed by atoms with Crippen molar-refractivity contribution in [2.45, 2.75) is 57.0 Å². The number of carbonyl (C=O) groups is 1. The van der Waals surface area contributed by atoms with Crippen LogP contribution in [0.1, 0.15) is 55.2 Å². The molecule has 1 saturated carbocycles. The van der Waals surface area contributed by atoms with E-state index in [9.17, 15) is 13.2 Å². The van der Waals surface area contributed by atoms with Crippen LogP contribution in [0.15, 0.2) is 4.90 Å². The maximum absolute atomic E-state index is 12.2. The highest BCUT2D eigenvalue weighted by molar-refractivity contribution is 8.13. The van der Waals surface area contributed by atoms with E-state index in [4.69, 9.17) is 15.4 Å². The second-order valence-corrected chi connectivity index (χ2v) is 7.86. The molecule has 1 aliphatic rings. The largest absolute Gasteiger partial charge is 0.457 e. The lowest BCUT2D eigenvalue weighted by Gasteiger charge is -2.30. The highest BCUT2D eigenvalue weighted by Gasteiger charge is 2.32. The predicted molar refractivity (Wildman–Crippen MR) is 77.8 cm³/mol. The molecular weight excluding hydrogens is 316 g/mol. The number of hydrogen-bond acceptors (Lipinski definition) is 5. The van der Waals surface area contributed by atoms with Crippen LogP contribution < -0.4 is 0 Å². The molecule has 0 amide bonds. The monoisotopic (exact) mass is 334 g/mol. The van der Waals surface area contributed by atoms with Crippen LogP contribution in [0.4, 0.5) is 0 Å². The predicted octanol–water partition coefficient (Wildman–Crippen LogP) is 2.77. The van der Waals surface area contributed by atoms with Crippen LogP contribution in [0.25, 0.3) is 0 Å². The maximum atomic E-state index is 12.2. The van der Waals surface area contributed by atoms with Crippen molar-refractivity contribution in [1.29, 1.82) is 0 Å². The van der Waals surface area contributed by atoms with Crippen LogP contribution in [-0.4, -0.2) is 30.7 Å². The standard InChI is InChI=1S/C13H19ClN2O4S/c1-3-9-6-4-5-7-10(9)20-13(17)11-12(21(14,18)19)8(2)15-16-11/h9-10H,3-7H2,1-2H3,(H,15,16). The molecule has 0 bridgehead atoms. The Morgan fingerprint density at radius 1 is 1.43 bits per heavy atom. The first-order chi connectivity index (χ1) is 9.84. The zero-order chi connectivity index (χ0) is 15.6. The average Bonchev–Trinajstić information content (AvgIpc) is 2.81. The summed E-state index contributed by atoms with van der Waals surface area (Å²) in [6.45, 7) is 3.55. The van der Waals surface area contributed by atoms with E-state index in [0.717, 1.165) is 32.1 Å². The van der Waals surface area contributed by atoms with E-state index in [1.54, 1.807) is 0 Å². The lowest BCUT2D eigenvalue weighted by molar-refractivity contribution is -0.000272. The number of aryl methyl sites for hydroxylation is 1. The van der Waals surface area contributed by atoms with E-state index in [1.165, 1.54) is 6.92 Å². The topological polar surface area (TPSA) is 89.1 Å². The summed E-state index contributed by atoms with van der Waals surface area (Å²) in [5.74, 6) is -0.414. The van der Waals surface area contributed by atoms with Gasteiger partial charge >= 0.3 is 5.97 Å². The van der Waals surface area contributed by atoms with Gasteiger partial charge in [-0.05, 0) is 38.5 Å². The van der Waals surface area contributed by atoms with Gasteiger partial charge in [0.05, 0.1) is 5.69 Å². The van der Waals surface area contributed by atoms with E-state index in [1.807, 2.05) is 0 Å². The Morgan fingerprint density at radius 2 is 2.10 bits per heavy atom. The molecular formula is C13H19ClN2O4S. The van der Waals surface area contributed by atoms with Crippen LogP contribution in [0.2, 0.25) is 0 Å². The van der Waals surface area contributed by atoms with Gasteiger partial charge in [0.2, 0.25) is 0 Å². The zero-order valence-corrected chi connectivity index (χ0v) is 13.6. The van der Waals surface area contributed by atoms with Gasteiger partial charge in [-0.15, -0.1) is 0 Å². The highest BCUT2D eigenvalue weighted by Crippen LogP contribution is 2.30. The molecule has 1 aliphatic carbocycles. The molecule has 21 heavy (non-hydrogen) atoms. The second kappa shape index (κ2) is 6.36. The number of H-pyrrole nitrogens is 1. The van der Waals surface area contributed by atoms with Gasteiger partial charge in [0, 0.05) is 10.7 Å². The number of ether oxygens (including phenoxy) is 1. The molecule has 1 N–H and O–H groups in total. The van der Waals surface area contributed by atoms with E-state index >= 15 is 0 Å². The lowest BCUT2D eigenvalue weighted by Crippen LogP contribution is -2.30. The molecule has 0 aliphatic heterocycles. The van der Waals surface area contributed by atoms with Crippen LogP contribution >= 0.6 is 10.7 Å². The number of esters is 1. The van der Waals surface area contributed by atoms with Gasteiger partial charge in [-0.2, -0.15) is 5.10 Å². The quantitative estimate of drug-likeness (QED) is 0.675. The Bertz CT molecular complexity index is 626. The fraction of sp³-hybridized carbons (Fsp3) is 0.692. The highest BCUT2D eigenvalue weighted by atomic mass is 35.7. The molecule has 1 fully saturated rings. The molecule has 6 nitrogen and oxygen atoms in total. The summed E-state index contributed by atoms with van der Waals surface area (Å²) in [4.78, 5) is 11.9. The molecule has 2 unspecified atom stereocenters. The van der Waals surface area contributed by atoms with Crippen molar-refractivity contribution in [2.24, 2.45) is 5.92 Å². The van der Waals surface area contributed by atoms with E-state index in [-0.39, 0.29) is 22.4 Å². The summed E-state index contributed by atoms with van der Waals surface area (Å²) in [5.41, 5.74) is -0.0319. The van der Waals surface area contributed by atoms with Crippen molar-refractivity contribution in [1.82, 2.24) is 10.2 Å². The molecule has 2 rings (SSSR count). The van der Waals surface area contributed by atoms with Crippen LogP contribution in [0, 0.1) is 12.8 Å². The molecule has 118 valence electrons. The van der Waals surface area contributed by atoms with Crippen LogP contribution in [0.5, 0.6) is 0 Å². The smallest absolute Gasteiger partial charge is 0.360 e. The third-order valence-electron chi connectivity index (χ3n) is 3.95.